The predicted molar refractivity (Wildman–Crippen MR) is 178 cm³/mol. The highest BCUT2D eigenvalue weighted by molar-refractivity contribution is 7.52. The quantitative estimate of drug-likeness (QED) is 0.0934. The number of nitrogen functional groups attached to an aromatic ring is 1. The Morgan fingerprint density at radius 3 is 2.41 bits per heavy atom. The van der Waals surface area contributed by atoms with E-state index in [4.69, 9.17) is 38.5 Å². The molecule has 274 valence electrons. The van der Waals surface area contributed by atoms with Gasteiger partial charge in [-0.25, -0.2) is 14.1 Å². The van der Waals surface area contributed by atoms with Gasteiger partial charge >= 0.3 is 25.7 Å². The Bertz CT molecular complexity index is 1850. The van der Waals surface area contributed by atoms with Crippen LogP contribution in [0.4, 0.5) is 5.82 Å². The first kappa shape index (κ1) is 37.7. The second kappa shape index (κ2) is 14.9. The first-order valence-corrected chi connectivity index (χ1v) is 17.8. The zero-order chi connectivity index (χ0) is 37.1. The van der Waals surface area contributed by atoms with Crippen LogP contribution in [0.1, 0.15) is 52.8 Å². The molecule has 3 aromatic rings. The van der Waals surface area contributed by atoms with Crippen molar-refractivity contribution in [3.05, 3.63) is 54.5 Å². The molecule has 1 saturated heterocycles. The molecule has 18 heteroatoms. The van der Waals surface area contributed by atoms with Gasteiger partial charge in [0.15, 0.2) is 18.0 Å². The topological polar surface area (TPSA) is 225 Å². The highest BCUT2D eigenvalue weighted by Gasteiger charge is 2.95. The van der Waals surface area contributed by atoms with Gasteiger partial charge in [-0.2, -0.15) is 15.4 Å². The van der Waals surface area contributed by atoms with Gasteiger partial charge in [0.2, 0.25) is 11.2 Å². The molecule has 0 spiro atoms. The van der Waals surface area contributed by atoms with E-state index in [-0.39, 0.29) is 23.9 Å². The maximum Gasteiger partial charge on any atom is 0.460 e. The fourth-order valence-corrected chi connectivity index (χ4v) is 7.37. The van der Waals surface area contributed by atoms with Gasteiger partial charge < -0.3 is 33.9 Å². The number of fused-ring (bicyclic) bond motifs is 2. The molecule has 2 aromatic heterocycles. The molecule has 2 unspecified atom stereocenters. The van der Waals surface area contributed by atoms with Gasteiger partial charge in [0.25, 0.3) is 0 Å². The lowest BCUT2D eigenvalue weighted by atomic mass is 10.0. The lowest BCUT2D eigenvalue weighted by Crippen LogP contribution is -2.45. The zero-order valence-electron chi connectivity index (χ0n) is 29.0. The summed E-state index contributed by atoms with van der Waals surface area (Å²) in [7, 11) is -3.18. The first-order valence-electron chi connectivity index (χ1n) is 16.3. The molecule has 2 aliphatic rings. The van der Waals surface area contributed by atoms with Crippen LogP contribution in [0.5, 0.6) is 5.75 Å². The monoisotopic (exact) mass is 728 g/mol. The Balaban J connectivity index is 1.58. The Kier molecular flexibility index (Phi) is 11.0. The van der Waals surface area contributed by atoms with E-state index in [2.05, 4.69) is 15.2 Å². The number of aromatic nitrogens is 3. The van der Waals surface area contributed by atoms with Crippen LogP contribution < -0.4 is 15.3 Å². The number of nitrogens with two attached hydrogens (primary N) is 1. The van der Waals surface area contributed by atoms with Gasteiger partial charge in [-0.3, -0.25) is 18.9 Å². The van der Waals surface area contributed by atoms with E-state index in [1.165, 1.54) is 37.0 Å². The molecule has 1 saturated carbocycles. The number of carbonyl (C=O) groups excluding carboxylic acids is 3. The summed E-state index contributed by atoms with van der Waals surface area (Å²) < 4.78 is 56.8. The van der Waals surface area contributed by atoms with E-state index in [0.717, 1.165) is 0 Å². The third kappa shape index (κ3) is 7.15. The molecule has 17 nitrogen and oxygen atoms in total. The van der Waals surface area contributed by atoms with Crippen LogP contribution in [-0.4, -0.2) is 82.3 Å². The Morgan fingerprint density at radius 1 is 1.06 bits per heavy atom. The van der Waals surface area contributed by atoms with Gasteiger partial charge in [0, 0.05) is 20.1 Å². The molecule has 3 heterocycles. The minimum absolute atomic E-state index is 0.0287. The highest BCUT2D eigenvalue weighted by atomic mass is 31.2. The maximum absolute atomic E-state index is 14.7. The molecule has 1 aromatic carbocycles. The van der Waals surface area contributed by atoms with Gasteiger partial charge in [0.1, 0.15) is 35.8 Å². The van der Waals surface area contributed by atoms with Crippen LogP contribution in [0.2, 0.25) is 0 Å². The number of esters is 3. The molecule has 7 atom stereocenters. The molecule has 5 rings (SSSR count). The van der Waals surface area contributed by atoms with E-state index in [1.54, 1.807) is 58.0 Å². The van der Waals surface area contributed by atoms with E-state index in [9.17, 15) is 24.2 Å². The third-order valence-corrected chi connectivity index (χ3v) is 9.99. The molecule has 0 amide bonds. The molecular weight excluding hydrogens is 687 g/mol. The Hall–Kier alpha value is -4.59. The number of carbonyl (C=O) groups is 3. The largest absolute Gasteiger partial charge is 0.464 e. The fraction of sp³-hybridized carbons (Fsp3) is 0.515. The molecule has 1 aliphatic heterocycles. The number of hydrogen-bond acceptors (Lipinski definition) is 15. The average molecular weight is 729 g/mol. The lowest BCUT2D eigenvalue weighted by molar-refractivity contribution is -0.181. The number of rotatable bonds is 16. The average Bonchev–Trinajstić information content (AvgIpc) is 3.33. The van der Waals surface area contributed by atoms with Crippen LogP contribution in [0, 0.1) is 23.2 Å². The van der Waals surface area contributed by atoms with Crippen molar-refractivity contribution < 1.29 is 51.7 Å². The van der Waals surface area contributed by atoms with E-state index >= 15 is 0 Å². The van der Waals surface area contributed by atoms with E-state index in [0.29, 0.717) is 18.5 Å². The number of ether oxygens (including phenoxy) is 5. The van der Waals surface area contributed by atoms with Crippen LogP contribution in [0.25, 0.3) is 5.52 Å². The molecule has 3 N–H and O–H groups in total. The number of hydrogen-bond donors (Lipinski definition) is 2. The van der Waals surface area contributed by atoms with Crippen LogP contribution in [-0.2, 0) is 47.2 Å². The minimum Gasteiger partial charge on any atom is -0.464 e. The van der Waals surface area contributed by atoms with Crippen molar-refractivity contribution in [3.63, 3.8) is 0 Å². The highest BCUT2D eigenvalue weighted by Crippen LogP contribution is 2.71. The fourth-order valence-electron chi connectivity index (χ4n) is 5.65. The van der Waals surface area contributed by atoms with Gasteiger partial charge in [0.05, 0.1) is 24.1 Å². The number of nitriles is 1. The second-order valence-corrected chi connectivity index (χ2v) is 14.4. The molecule has 0 radical (unpaired) electrons. The van der Waals surface area contributed by atoms with Gasteiger partial charge in [-0.15, -0.1) is 0 Å². The van der Waals surface area contributed by atoms with Crippen molar-refractivity contribution in [3.8, 4) is 11.8 Å². The zero-order valence-corrected chi connectivity index (χ0v) is 29.9. The molecule has 51 heavy (non-hydrogen) atoms. The van der Waals surface area contributed by atoms with Crippen molar-refractivity contribution in [2.75, 3.05) is 26.1 Å². The Morgan fingerprint density at radius 2 is 1.76 bits per heavy atom. The minimum atomic E-state index is -4.70. The lowest BCUT2D eigenvalue weighted by Gasteiger charge is -2.30. The first-order chi connectivity index (χ1) is 24.2. The van der Waals surface area contributed by atoms with Crippen LogP contribution in [0.15, 0.2) is 48.8 Å². The molecular formula is C33H41N6O11P. The summed E-state index contributed by atoms with van der Waals surface area (Å²) >= 11 is 0. The standard InChI is InChI=1S/C33H41N6O11P/c1-19(2)28(40)46-26-25(23-13-14-24-27(35)36-18-37-39(23)24)47-32(17-34)31(33(26,32)48-29(41)20(3)4)50-51(43,49-22-11-8-7-9-12-22)38-21(5)30(42)45-16-10-15-44-6/h7-9,11-14,18-21,25-26,31H,10,15-16H2,1-6H3,(H,38,43)(H2,35,36,37)/t21-,25-,26-,31?,32+,33+,51?/m0/s1. The van der Waals surface area contributed by atoms with Gasteiger partial charge in [-0.1, -0.05) is 45.9 Å². The molecule has 0 bridgehead atoms. The Labute approximate surface area is 294 Å². The van der Waals surface area contributed by atoms with Crippen molar-refractivity contribution in [2.45, 2.75) is 76.6 Å². The van der Waals surface area contributed by atoms with E-state index < -0.39 is 73.0 Å². The van der Waals surface area contributed by atoms with Crippen molar-refractivity contribution in [1.82, 2.24) is 19.7 Å². The number of nitrogens with zero attached hydrogens (tertiary/aromatic N) is 4. The van der Waals surface area contributed by atoms with Crippen molar-refractivity contribution in [2.24, 2.45) is 11.8 Å². The summed E-state index contributed by atoms with van der Waals surface area (Å²) in [5.74, 6) is -3.44. The number of nitrogens with one attached hydrogen (secondary N) is 1. The summed E-state index contributed by atoms with van der Waals surface area (Å²) in [4.78, 5) is 43.6. The number of anilines is 1. The van der Waals surface area contributed by atoms with Crippen LogP contribution in [0.3, 0.4) is 0 Å². The third-order valence-electron chi connectivity index (χ3n) is 8.35. The summed E-state index contributed by atoms with van der Waals surface area (Å²) in [5.41, 5.74) is 2.36. The molecule has 2 fully saturated rings. The number of benzene rings is 1. The number of para-hydroxylation sites is 1. The normalized spacial score (nSPS) is 25.4. The van der Waals surface area contributed by atoms with E-state index in [1.807, 2.05) is 6.07 Å². The smallest absolute Gasteiger partial charge is 0.460 e. The van der Waals surface area contributed by atoms with Crippen molar-refractivity contribution >= 4 is 37.0 Å². The predicted octanol–water partition coefficient (Wildman–Crippen LogP) is 3.29. The summed E-state index contributed by atoms with van der Waals surface area (Å²) in [6.07, 6.45) is -2.85. The van der Waals surface area contributed by atoms with Crippen LogP contribution >= 0.6 is 7.75 Å². The number of methoxy groups -OCH3 is 1. The summed E-state index contributed by atoms with van der Waals surface area (Å²) in [5, 5.41) is 17.6. The molecule has 1 aliphatic carbocycles. The summed E-state index contributed by atoms with van der Waals surface area (Å²) in [6.45, 7) is 8.10. The summed E-state index contributed by atoms with van der Waals surface area (Å²) in [6, 6.07) is 11.9. The SMILES string of the molecule is COCCCOC(=O)[C@H](C)NP(=O)(Oc1ccccc1)OC1[C@@]2(C#N)O[C@@H](c3ccc4c(N)ncnn34)[C@H](OC(=O)C(C)C)[C@@]12OC(=O)C(C)C. The maximum atomic E-state index is 14.7. The van der Waals surface area contributed by atoms with Gasteiger partial charge in [-0.05, 0) is 31.2 Å². The second-order valence-electron chi connectivity index (χ2n) is 12.7. The van der Waals surface area contributed by atoms with Crippen molar-refractivity contribution in [1.29, 1.82) is 5.26 Å².